The minimum atomic E-state index is -0.330. The molecule has 0 saturated heterocycles. The number of carbonyl (C=O) groups is 1. The number of rotatable bonds is 4. The lowest BCUT2D eigenvalue weighted by atomic mass is 10.2. The van der Waals surface area contributed by atoms with E-state index in [0.717, 1.165) is 10.6 Å². The van der Waals surface area contributed by atoms with Gasteiger partial charge in [0, 0.05) is 10.9 Å². The molecule has 8 nitrogen and oxygen atoms in total. The van der Waals surface area contributed by atoms with Gasteiger partial charge in [0.1, 0.15) is 16.1 Å². The third-order valence-corrected chi connectivity index (χ3v) is 5.40. The summed E-state index contributed by atoms with van der Waals surface area (Å²) in [6.07, 6.45) is 2.77. The number of benzene rings is 2. The average Bonchev–Trinajstić information content (AvgIpc) is 3.43. The molecule has 2 aromatic carbocycles. The first-order chi connectivity index (χ1) is 14.7. The van der Waals surface area contributed by atoms with Gasteiger partial charge in [0.2, 0.25) is 0 Å². The second kappa shape index (κ2) is 7.37. The Morgan fingerprint density at radius 3 is 2.73 bits per heavy atom. The molecule has 0 spiro atoms. The van der Waals surface area contributed by atoms with Crippen LogP contribution in [-0.4, -0.2) is 30.6 Å². The molecule has 0 atom stereocenters. The van der Waals surface area contributed by atoms with Gasteiger partial charge in [-0.05, 0) is 12.1 Å². The Balaban J connectivity index is 1.48. The molecule has 0 saturated carbocycles. The second-order valence-corrected chi connectivity index (χ2v) is 7.26. The number of nitrogens with one attached hydrogen (secondary N) is 2. The summed E-state index contributed by atoms with van der Waals surface area (Å²) in [7, 11) is 0. The van der Waals surface area contributed by atoms with Gasteiger partial charge in [-0.25, -0.2) is 14.6 Å². The number of amides is 1. The Bertz CT molecular complexity index is 1420. The second-order valence-electron chi connectivity index (χ2n) is 6.40. The fourth-order valence-electron chi connectivity index (χ4n) is 3.07. The standard InChI is InChI=1S/C21H14N6O2S/c28-19-14-10-24-27(18(14)22-12-23-19)17-9-5-4-8-15(17)25-20(29)16-11-30-21(26-16)13-6-2-1-3-7-13/h1-12H,(H,25,29)(H,22,23,28). The number of thiazole rings is 1. The monoisotopic (exact) mass is 414 g/mol. The largest absolute Gasteiger partial charge is 0.319 e. The number of anilines is 1. The van der Waals surface area contributed by atoms with Gasteiger partial charge in [0.25, 0.3) is 11.5 Å². The Kier molecular flexibility index (Phi) is 4.41. The first-order valence-corrected chi connectivity index (χ1v) is 9.92. The molecule has 0 aliphatic heterocycles. The zero-order valence-corrected chi connectivity index (χ0v) is 16.3. The molecule has 0 radical (unpaired) electrons. The molecule has 0 fully saturated rings. The topological polar surface area (TPSA) is 106 Å². The van der Waals surface area contributed by atoms with Crippen molar-refractivity contribution in [2.24, 2.45) is 0 Å². The summed E-state index contributed by atoms with van der Waals surface area (Å²) in [5.41, 5.74) is 2.54. The van der Waals surface area contributed by atoms with Crippen molar-refractivity contribution < 1.29 is 4.79 Å². The van der Waals surface area contributed by atoms with Crippen molar-refractivity contribution in [1.29, 1.82) is 0 Å². The average molecular weight is 414 g/mol. The summed E-state index contributed by atoms with van der Waals surface area (Å²) >= 11 is 1.41. The van der Waals surface area contributed by atoms with Crippen molar-refractivity contribution in [3.63, 3.8) is 0 Å². The minimum absolute atomic E-state index is 0.274. The van der Waals surface area contributed by atoms with E-state index in [1.54, 1.807) is 17.5 Å². The van der Waals surface area contributed by atoms with Gasteiger partial charge in [-0.15, -0.1) is 11.3 Å². The molecule has 0 aliphatic rings. The highest BCUT2D eigenvalue weighted by Gasteiger charge is 2.16. The van der Waals surface area contributed by atoms with Crippen molar-refractivity contribution in [1.82, 2.24) is 24.7 Å². The van der Waals surface area contributed by atoms with Crippen LogP contribution in [-0.2, 0) is 0 Å². The normalized spacial score (nSPS) is 10.9. The van der Waals surface area contributed by atoms with E-state index < -0.39 is 0 Å². The maximum absolute atomic E-state index is 12.8. The van der Waals surface area contributed by atoms with Gasteiger partial charge in [0.05, 0.1) is 23.9 Å². The molecule has 5 aromatic rings. The number of H-pyrrole nitrogens is 1. The number of carbonyl (C=O) groups excluding carboxylic acids is 1. The van der Waals surface area contributed by atoms with E-state index in [4.69, 9.17) is 0 Å². The highest BCUT2D eigenvalue weighted by atomic mass is 32.1. The molecule has 3 heterocycles. The van der Waals surface area contributed by atoms with Gasteiger partial charge in [0.15, 0.2) is 5.65 Å². The van der Waals surface area contributed by atoms with E-state index in [9.17, 15) is 9.59 Å². The van der Waals surface area contributed by atoms with Crippen LogP contribution in [0.4, 0.5) is 5.69 Å². The molecule has 9 heteroatoms. The van der Waals surface area contributed by atoms with Crippen LogP contribution in [0.25, 0.3) is 27.3 Å². The van der Waals surface area contributed by atoms with E-state index in [-0.39, 0.29) is 11.5 Å². The van der Waals surface area contributed by atoms with Crippen molar-refractivity contribution in [3.8, 4) is 16.3 Å². The summed E-state index contributed by atoms with van der Waals surface area (Å²) in [6, 6.07) is 16.9. The predicted molar refractivity (Wildman–Crippen MR) is 115 cm³/mol. The van der Waals surface area contributed by atoms with Crippen molar-refractivity contribution >= 4 is 34.0 Å². The lowest BCUT2D eigenvalue weighted by Gasteiger charge is -2.10. The first-order valence-electron chi connectivity index (χ1n) is 9.04. The van der Waals surface area contributed by atoms with Crippen LogP contribution in [0.2, 0.25) is 0 Å². The van der Waals surface area contributed by atoms with Crippen LogP contribution in [0.1, 0.15) is 10.5 Å². The SMILES string of the molecule is O=C(Nc1ccccc1-n1ncc2c(=O)[nH]cnc21)c1csc(-c2ccccc2)n1. The van der Waals surface area contributed by atoms with Crippen LogP contribution in [0.3, 0.4) is 0 Å². The lowest BCUT2D eigenvalue weighted by Crippen LogP contribution is -2.15. The highest BCUT2D eigenvalue weighted by molar-refractivity contribution is 7.13. The molecule has 2 N–H and O–H groups in total. The molecule has 0 bridgehead atoms. The first kappa shape index (κ1) is 18.0. The van der Waals surface area contributed by atoms with Gasteiger partial charge in [-0.2, -0.15) is 5.10 Å². The Labute approximate surface area is 173 Å². The number of aromatic amines is 1. The molecule has 5 rings (SSSR count). The molecule has 0 unspecified atom stereocenters. The van der Waals surface area contributed by atoms with Gasteiger partial charge in [-0.3, -0.25) is 9.59 Å². The molecular weight excluding hydrogens is 400 g/mol. The van der Waals surface area contributed by atoms with E-state index in [1.807, 2.05) is 42.5 Å². The van der Waals surface area contributed by atoms with Crippen LogP contribution in [0.5, 0.6) is 0 Å². The summed E-state index contributed by atoms with van der Waals surface area (Å²) < 4.78 is 1.52. The zero-order chi connectivity index (χ0) is 20.5. The van der Waals surface area contributed by atoms with Crippen LogP contribution < -0.4 is 10.9 Å². The van der Waals surface area contributed by atoms with Gasteiger partial charge < -0.3 is 10.3 Å². The molecule has 3 aromatic heterocycles. The van der Waals surface area contributed by atoms with Crippen LogP contribution in [0.15, 0.2) is 77.3 Å². The quantitative estimate of drug-likeness (QED) is 0.468. The molecular formula is C21H14N6O2S. The van der Waals surface area contributed by atoms with E-state index in [2.05, 4.69) is 25.4 Å². The molecule has 30 heavy (non-hydrogen) atoms. The van der Waals surface area contributed by atoms with Crippen molar-refractivity contribution in [2.75, 3.05) is 5.32 Å². The van der Waals surface area contributed by atoms with E-state index >= 15 is 0 Å². The number of hydrogen-bond donors (Lipinski definition) is 2. The fraction of sp³-hybridized carbons (Fsp3) is 0. The summed E-state index contributed by atoms with van der Waals surface area (Å²) in [5, 5.41) is 10.0. The number of aromatic nitrogens is 5. The van der Waals surface area contributed by atoms with Crippen LogP contribution in [0, 0.1) is 0 Å². The molecule has 1 amide bonds. The Hall–Kier alpha value is -4.11. The number of fused-ring (bicyclic) bond motifs is 1. The summed E-state index contributed by atoms with van der Waals surface area (Å²) in [4.78, 5) is 36.0. The predicted octanol–water partition coefficient (Wildman–Crippen LogP) is 3.48. The van der Waals surface area contributed by atoms with Crippen molar-refractivity contribution in [2.45, 2.75) is 0 Å². The minimum Gasteiger partial charge on any atom is -0.319 e. The third-order valence-electron chi connectivity index (χ3n) is 4.51. The Morgan fingerprint density at radius 2 is 1.87 bits per heavy atom. The number of nitrogens with zero attached hydrogens (tertiary/aromatic N) is 4. The summed E-state index contributed by atoms with van der Waals surface area (Å²) in [6.45, 7) is 0. The highest BCUT2D eigenvalue weighted by Crippen LogP contribution is 2.25. The van der Waals surface area contributed by atoms with E-state index in [0.29, 0.717) is 28.1 Å². The Morgan fingerprint density at radius 1 is 1.07 bits per heavy atom. The molecule has 146 valence electrons. The summed E-state index contributed by atoms with van der Waals surface area (Å²) in [5.74, 6) is -0.330. The van der Waals surface area contributed by atoms with Crippen molar-refractivity contribution in [3.05, 3.63) is 88.5 Å². The number of para-hydroxylation sites is 2. The molecule has 0 aliphatic carbocycles. The van der Waals surface area contributed by atoms with Crippen LogP contribution >= 0.6 is 11.3 Å². The fourth-order valence-corrected chi connectivity index (χ4v) is 3.88. The lowest BCUT2D eigenvalue weighted by molar-refractivity contribution is 0.102. The maximum Gasteiger partial charge on any atom is 0.275 e. The maximum atomic E-state index is 12.8. The van der Waals surface area contributed by atoms with Gasteiger partial charge in [-0.1, -0.05) is 42.5 Å². The third kappa shape index (κ3) is 3.16. The van der Waals surface area contributed by atoms with E-state index in [1.165, 1.54) is 28.5 Å². The smallest absolute Gasteiger partial charge is 0.275 e. The number of hydrogen-bond acceptors (Lipinski definition) is 6. The zero-order valence-electron chi connectivity index (χ0n) is 15.4. The van der Waals surface area contributed by atoms with Gasteiger partial charge >= 0.3 is 0 Å².